The summed E-state index contributed by atoms with van der Waals surface area (Å²) < 4.78 is 0. The van der Waals surface area contributed by atoms with Crippen LogP contribution in [0.25, 0.3) is 23.1 Å². The van der Waals surface area contributed by atoms with Crippen LogP contribution in [0.2, 0.25) is 5.02 Å². The topological polar surface area (TPSA) is 50.2 Å². The molecular weight excluding hydrogens is 298 g/mol. The van der Waals surface area contributed by atoms with Gasteiger partial charge in [0.05, 0.1) is 16.8 Å². The van der Waals surface area contributed by atoms with Crippen molar-refractivity contribution in [1.82, 2.24) is 4.98 Å². The number of carboxylic acid groups (broad SMARTS) is 1. The molecule has 0 unspecified atom stereocenters. The fourth-order valence-corrected chi connectivity index (χ4v) is 2.33. The minimum Gasteiger partial charge on any atom is -0.478 e. The maximum Gasteiger partial charge on any atom is 0.336 e. The fraction of sp³-hybridized carbons (Fsp3) is 0. The molecule has 0 spiro atoms. The predicted octanol–water partition coefficient (Wildman–Crippen LogP) is 4.76. The van der Waals surface area contributed by atoms with Gasteiger partial charge in [-0.15, -0.1) is 0 Å². The summed E-state index contributed by atoms with van der Waals surface area (Å²) in [4.78, 5) is 15.7. The number of benzene rings is 2. The van der Waals surface area contributed by atoms with Gasteiger partial charge in [0.2, 0.25) is 0 Å². The van der Waals surface area contributed by atoms with E-state index in [2.05, 4.69) is 4.98 Å². The predicted molar refractivity (Wildman–Crippen MR) is 89.1 cm³/mol. The van der Waals surface area contributed by atoms with Crippen molar-refractivity contribution in [1.29, 1.82) is 0 Å². The van der Waals surface area contributed by atoms with Crippen molar-refractivity contribution in [2.75, 3.05) is 0 Å². The van der Waals surface area contributed by atoms with Gasteiger partial charge in [-0.05, 0) is 48.0 Å². The highest BCUT2D eigenvalue weighted by molar-refractivity contribution is 6.30. The SMILES string of the molecule is O=C(O)c1cccc2nc(/C=C/c3ccc(Cl)cc3)ccc12. The zero-order chi connectivity index (χ0) is 15.5. The molecule has 3 rings (SSSR count). The third-order valence-electron chi connectivity index (χ3n) is 3.30. The summed E-state index contributed by atoms with van der Waals surface area (Å²) in [5.74, 6) is -0.947. The van der Waals surface area contributed by atoms with Gasteiger partial charge in [0.25, 0.3) is 0 Å². The van der Waals surface area contributed by atoms with Crippen molar-refractivity contribution in [3.63, 3.8) is 0 Å². The standard InChI is InChI=1S/C18H12ClNO2/c19-13-7-4-12(5-8-13)6-9-14-10-11-15-16(18(21)22)2-1-3-17(15)20-14/h1-11H,(H,21,22)/b9-6+. The Hall–Kier alpha value is -2.65. The molecule has 0 fully saturated rings. The summed E-state index contributed by atoms with van der Waals surface area (Å²) in [6.45, 7) is 0. The minimum absolute atomic E-state index is 0.262. The Kier molecular flexibility index (Phi) is 3.90. The lowest BCUT2D eigenvalue weighted by Crippen LogP contribution is -1.98. The van der Waals surface area contributed by atoms with E-state index >= 15 is 0 Å². The van der Waals surface area contributed by atoms with Crippen LogP contribution in [0, 0.1) is 0 Å². The van der Waals surface area contributed by atoms with Crippen LogP contribution in [0.1, 0.15) is 21.6 Å². The van der Waals surface area contributed by atoms with E-state index in [9.17, 15) is 9.90 Å². The monoisotopic (exact) mass is 309 g/mol. The Bertz CT molecular complexity index is 870. The van der Waals surface area contributed by atoms with Crippen molar-refractivity contribution >= 4 is 40.6 Å². The summed E-state index contributed by atoms with van der Waals surface area (Å²) in [6.07, 6.45) is 3.82. The molecule has 0 radical (unpaired) electrons. The highest BCUT2D eigenvalue weighted by Gasteiger charge is 2.08. The number of hydrogen-bond acceptors (Lipinski definition) is 2. The van der Waals surface area contributed by atoms with E-state index in [1.165, 1.54) is 0 Å². The van der Waals surface area contributed by atoms with Crippen LogP contribution in [0.15, 0.2) is 54.6 Å². The molecule has 0 aliphatic rings. The second-order valence-electron chi connectivity index (χ2n) is 4.80. The van der Waals surface area contributed by atoms with Crippen LogP contribution in [-0.4, -0.2) is 16.1 Å². The van der Waals surface area contributed by atoms with Crippen LogP contribution in [-0.2, 0) is 0 Å². The summed E-state index contributed by atoms with van der Waals surface area (Å²) in [6, 6.07) is 16.2. The molecule has 0 saturated heterocycles. The molecule has 0 atom stereocenters. The van der Waals surface area contributed by atoms with E-state index in [0.29, 0.717) is 15.9 Å². The average molecular weight is 310 g/mol. The lowest BCUT2D eigenvalue weighted by atomic mass is 10.1. The van der Waals surface area contributed by atoms with Crippen molar-refractivity contribution in [3.8, 4) is 0 Å². The van der Waals surface area contributed by atoms with Gasteiger partial charge in [-0.2, -0.15) is 0 Å². The average Bonchev–Trinajstić information content (AvgIpc) is 2.53. The Labute approximate surface area is 132 Å². The number of aromatic carboxylic acids is 1. The third-order valence-corrected chi connectivity index (χ3v) is 3.55. The molecule has 0 saturated carbocycles. The molecule has 0 aliphatic carbocycles. The lowest BCUT2D eigenvalue weighted by molar-refractivity contribution is 0.0699. The van der Waals surface area contributed by atoms with E-state index in [1.54, 1.807) is 30.3 Å². The van der Waals surface area contributed by atoms with Crippen LogP contribution >= 0.6 is 11.6 Å². The summed E-state index contributed by atoms with van der Waals surface area (Å²) >= 11 is 5.85. The van der Waals surface area contributed by atoms with Crippen LogP contribution in [0.3, 0.4) is 0 Å². The molecule has 22 heavy (non-hydrogen) atoms. The third kappa shape index (κ3) is 3.00. The first-order valence-electron chi connectivity index (χ1n) is 6.70. The minimum atomic E-state index is -0.947. The Morgan fingerprint density at radius 1 is 1.00 bits per heavy atom. The van der Waals surface area contributed by atoms with Gasteiger partial charge in [-0.1, -0.05) is 35.9 Å². The smallest absolute Gasteiger partial charge is 0.336 e. The number of fused-ring (bicyclic) bond motifs is 1. The van der Waals surface area contributed by atoms with Crippen LogP contribution < -0.4 is 0 Å². The fourth-order valence-electron chi connectivity index (χ4n) is 2.21. The number of carboxylic acids is 1. The zero-order valence-electron chi connectivity index (χ0n) is 11.5. The number of pyridine rings is 1. The van der Waals surface area contributed by atoms with E-state index in [0.717, 1.165) is 11.3 Å². The summed E-state index contributed by atoms with van der Waals surface area (Å²) in [5, 5.41) is 10.5. The Morgan fingerprint density at radius 2 is 1.77 bits per heavy atom. The molecule has 0 bridgehead atoms. The molecule has 3 nitrogen and oxygen atoms in total. The molecule has 3 aromatic rings. The first kappa shape index (κ1) is 14.3. The molecule has 1 heterocycles. The van der Waals surface area contributed by atoms with Gasteiger partial charge in [0.1, 0.15) is 0 Å². The largest absolute Gasteiger partial charge is 0.478 e. The normalized spacial score (nSPS) is 11.1. The highest BCUT2D eigenvalue weighted by Crippen LogP contribution is 2.19. The van der Waals surface area contributed by atoms with Crippen molar-refractivity contribution in [2.24, 2.45) is 0 Å². The second-order valence-corrected chi connectivity index (χ2v) is 5.23. The number of rotatable bonds is 3. The van der Waals surface area contributed by atoms with Crippen LogP contribution in [0.4, 0.5) is 0 Å². The van der Waals surface area contributed by atoms with Gasteiger partial charge >= 0.3 is 5.97 Å². The van der Waals surface area contributed by atoms with Crippen molar-refractivity contribution < 1.29 is 9.90 Å². The van der Waals surface area contributed by atoms with E-state index < -0.39 is 5.97 Å². The van der Waals surface area contributed by atoms with Gasteiger partial charge in [-0.3, -0.25) is 0 Å². The van der Waals surface area contributed by atoms with E-state index in [1.807, 2.05) is 36.4 Å². The Balaban J connectivity index is 1.95. The number of hydrogen-bond donors (Lipinski definition) is 1. The molecule has 0 amide bonds. The maximum absolute atomic E-state index is 11.2. The molecule has 4 heteroatoms. The quantitative estimate of drug-likeness (QED) is 0.759. The van der Waals surface area contributed by atoms with Crippen molar-refractivity contribution in [2.45, 2.75) is 0 Å². The molecular formula is C18H12ClNO2. The molecule has 0 aliphatic heterocycles. The highest BCUT2D eigenvalue weighted by atomic mass is 35.5. The maximum atomic E-state index is 11.2. The number of halogens is 1. The van der Waals surface area contributed by atoms with Gasteiger partial charge in [-0.25, -0.2) is 9.78 Å². The summed E-state index contributed by atoms with van der Waals surface area (Å²) in [7, 11) is 0. The molecule has 1 N–H and O–H groups in total. The summed E-state index contributed by atoms with van der Waals surface area (Å²) in [5.41, 5.74) is 2.71. The van der Waals surface area contributed by atoms with Gasteiger partial charge < -0.3 is 5.11 Å². The van der Waals surface area contributed by atoms with Gasteiger partial charge in [0, 0.05) is 10.4 Å². The molecule has 2 aromatic carbocycles. The lowest BCUT2D eigenvalue weighted by Gasteiger charge is -2.02. The zero-order valence-corrected chi connectivity index (χ0v) is 12.3. The van der Waals surface area contributed by atoms with Gasteiger partial charge in [0.15, 0.2) is 0 Å². The number of aromatic nitrogens is 1. The number of carbonyl (C=O) groups is 1. The first-order valence-corrected chi connectivity index (χ1v) is 7.08. The second kappa shape index (κ2) is 6.00. The number of nitrogens with zero attached hydrogens (tertiary/aromatic N) is 1. The Morgan fingerprint density at radius 3 is 2.50 bits per heavy atom. The van der Waals surface area contributed by atoms with E-state index in [-0.39, 0.29) is 5.56 Å². The van der Waals surface area contributed by atoms with Crippen LogP contribution in [0.5, 0.6) is 0 Å². The van der Waals surface area contributed by atoms with Crippen molar-refractivity contribution in [3.05, 3.63) is 76.4 Å². The molecule has 1 aromatic heterocycles. The first-order chi connectivity index (χ1) is 10.6. The van der Waals surface area contributed by atoms with E-state index in [4.69, 9.17) is 11.6 Å². The molecule has 108 valence electrons.